The van der Waals surface area contributed by atoms with Gasteiger partial charge in [0.1, 0.15) is 16.4 Å². The van der Waals surface area contributed by atoms with Crippen LogP contribution in [-0.4, -0.2) is 56.9 Å². The van der Waals surface area contributed by atoms with Crippen LogP contribution in [-0.2, 0) is 16.6 Å². The van der Waals surface area contributed by atoms with Crippen LogP contribution in [0.2, 0.25) is 0 Å². The third-order valence-corrected chi connectivity index (χ3v) is 6.23. The molecule has 0 aromatic carbocycles. The molecule has 2 aliphatic rings. The van der Waals surface area contributed by atoms with Crippen LogP contribution >= 0.6 is 0 Å². The van der Waals surface area contributed by atoms with E-state index in [2.05, 4.69) is 10.2 Å². The Labute approximate surface area is 126 Å². The highest BCUT2D eigenvalue weighted by Gasteiger charge is 2.36. The average molecular weight is 313 g/mol. The van der Waals surface area contributed by atoms with Gasteiger partial charge in [0.05, 0.1) is 6.54 Å². The fraction of sp³-hybridized carbons (Fsp3) is 0.714. The summed E-state index contributed by atoms with van der Waals surface area (Å²) < 4.78 is 32.6. The van der Waals surface area contributed by atoms with E-state index >= 15 is 0 Å². The van der Waals surface area contributed by atoms with Gasteiger partial charge in [-0.2, -0.15) is 4.31 Å². The highest BCUT2D eigenvalue weighted by Crippen LogP contribution is 2.29. The normalized spacial score (nSPS) is 21.8. The van der Waals surface area contributed by atoms with E-state index in [-0.39, 0.29) is 0 Å². The minimum atomic E-state index is -3.43. The summed E-state index contributed by atoms with van der Waals surface area (Å²) in [5.74, 6) is 1.13. The highest BCUT2D eigenvalue weighted by atomic mass is 32.2. The molecule has 0 radical (unpaired) electrons. The lowest BCUT2D eigenvalue weighted by molar-refractivity contribution is 0.180. The maximum atomic E-state index is 12.7. The molecule has 3 rings (SSSR count). The molecular formula is C14H23N3O3S. The standard InChI is InChI=1S/C14H23N3O3S/c1-11-14(9-13(20-11)10-15-2)21(18,19)17-7-5-16(6-8-17)12-3-4-12/h9,12,15H,3-8,10H2,1-2H3. The van der Waals surface area contributed by atoms with E-state index in [1.165, 1.54) is 12.8 Å². The van der Waals surface area contributed by atoms with Crippen LogP contribution in [0.15, 0.2) is 15.4 Å². The van der Waals surface area contributed by atoms with Gasteiger partial charge in [0, 0.05) is 38.3 Å². The second kappa shape index (κ2) is 5.72. The molecule has 7 heteroatoms. The van der Waals surface area contributed by atoms with E-state index in [0.29, 0.717) is 42.1 Å². The van der Waals surface area contributed by atoms with Crippen LogP contribution < -0.4 is 5.32 Å². The lowest BCUT2D eigenvalue weighted by Crippen LogP contribution is -2.49. The van der Waals surface area contributed by atoms with Gasteiger partial charge in [0.2, 0.25) is 10.0 Å². The van der Waals surface area contributed by atoms with Gasteiger partial charge >= 0.3 is 0 Å². The maximum Gasteiger partial charge on any atom is 0.246 e. The van der Waals surface area contributed by atoms with Gasteiger partial charge in [-0.15, -0.1) is 0 Å². The third-order valence-electron chi connectivity index (χ3n) is 4.23. The summed E-state index contributed by atoms with van der Waals surface area (Å²) >= 11 is 0. The Kier molecular flexibility index (Phi) is 4.09. The molecule has 0 unspecified atom stereocenters. The topological polar surface area (TPSA) is 65.8 Å². The van der Waals surface area contributed by atoms with Crippen molar-refractivity contribution >= 4 is 10.0 Å². The molecule has 0 amide bonds. The van der Waals surface area contributed by atoms with Crippen molar-refractivity contribution in [2.75, 3.05) is 33.2 Å². The number of hydrogen-bond donors (Lipinski definition) is 1. The minimum Gasteiger partial charge on any atom is -0.464 e. The number of piperazine rings is 1. The molecule has 1 saturated carbocycles. The van der Waals surface area contributed by atoms with Crippen molar-refractivity contribution in [1.29, 1.82) is 0 Å². The molecule has 6 nitrogen and oxygen atoms in total. The first-order valence-electron chi connectivity index (χ1n) is 7.50. The Morgan fingerprint density at radius 3 is 2.52 bits per heavy atom. The Bertz CT molecular complexity index is 599. The first-order valence-corrected chi connectivity index (χ1v) is 8.94. The van der Waals surface area contributed by atoms with Crippen LogP contribution in [0.5, 0.6) is 0 Å². The quantitative estimate of drug-likeness (QED) is 0.870. The molecule has 2 heterocycles. The summed E-state index contributed by atoms with van der Waals surface area (Å²) in [5, 5.41) is 2.97. The van der Waals surface area contributed by atoms with E-state index in [0.717, 1.165) is 13.1 Å². The lowest BCUT2D eigenvalue weighted by atomic mass is 10.3. The predicted molar refractivity (Wildman–Crippen MR) is 79.6 cm³/mol. The first kappa shape index (κ1) is 15.0. The molecule has 0 bridgehead atoms. The minimum absolute atomic E-state index is 0.313. The maximum absolute atomic E-state index is 12.7. The monoisotopic (exact) mass is 313 g/mol. The molecule has 1 saturated heterocycles. The summed E-state index contributed by atoms with van der Waals surface area (Å²) in [7, 11) is -1.63. The van der Waals surface area contributed by atoms with Crippen molar-refractivity contribution in [3.8, 4) is 0 Å². The smallest absolute Gasteiger partial charge is 0.246 e. The summed E-state index contributed by atoms with van der Waals surface area (Å²) in [6.07, 6.45) is 2.53. The van der Waals surface area contributed by atoms with E-state index < -0.39 is 10.0 Å². The summed E-state index contributed by atoms with van der Waals surface area (Å²) in [5.41, 5.74) is 0. The molecule has 118 valence electrons. The van der Waals surface area contributed by atoms with Gasteiger partial charge in [0.25, 0.3) is 0 Å². The van der Waals surface area contributed by atoms with E-state index in [1.54, 1.807) is 17.3 Å². The number of hydrogen-bond acceptors (Lipinski definition) is 5. The molecule has 21 heavy (non-hydrogen) atoms. The van der Waals surface area contributed by atoms with Crippen molar-refractivity contribution < 1.29 is 12.8 Å². The third kappa shape index (κ3) is 3.01. The van der Waals surface area contributed by atoms with Gasteiger partial charge in [-0.3, -0.25) is 4.90 Å². The second-order valence-electron chi connectivity index (χ2n) is 5.83. The van der Waals surface area contributed by atoms with Crippen molar-refractivity contribution in [3.63, 3.8) is 0 Å². The van der Waals surface area contributed by atoms with Crippen molar-refractivity contribution in [2.45, 2.75) is 37.2 Å². The van der Waals surface area contributed by atoms with Gasteiger partial charge in [-0.05, 0) is 26.8 Å². The number of sulfonamides is 1. The number of nitrogens with zero attached hydrogens (tertiary/aromatic N) is 2. The molecule has 1 aromatic rings. The molecule has 0 spiro atoms. The number of rotatable bonds is 5. The van der Waals surface area contributed by atoms with Gasteiger partial charge in [-0.25, -0.2) is 8.42 Å². The fourth-order valence-electron chi connectivity index (χ4n) is 2.93. The molecule has 1 aliphatic carbocycles. The zero-order chi connectivity index (χ0) is 15.0. The van der Waals surface area contributed by atoms with E-state index in [4.69, 9.17) is 4.42 Å². The summed E-state index contributed by atoms with van der Waals surface area (Å²) in [6, 6.07) is 2.35. The predicted octanol–water partition coefficient (Wildman–Crippen LogP) is 0.776. The SMILES string of the molecule is CNCc1cc(S(=O)(=O)N2CCN(C3CC3)CC2)c(C)o1. The zero-order valence-electron chi connectivity index (χ0n) is 12.6. The number of nitrogens with one attached hydrogen (secondary N) is 1. The Hall–Kier alpha value is -0.890. The Balaban J connectivity index is 1.74. The molecular weight excluding hydrogens is 290 g/mol. The fourth-order valence-corrected chi connectivity index (χ4v) is 4.54. The number of furan rings is 1. The molecule has 0 atom stereocenters. The van der Waals surface area contributed by atoms with Crippen LogP contribution in [0, 0.1) is 6.92 Å². The molecule has 1 aliphatic heterocycles. The Morgan fingerprint density at radius 2 is 1.95 bits per heavy atom. The largest absolute Gasteiger partial charge is 0.464 e. The zero-order valence-corrected chi connectivity index (χ0v) is 13.4. The lowest BCUT2D eigenvalue weighted by Gasteiger charge is -2.33. The summed E-state index contributed by atoms with van der Waals surface area (Å²) in [4.78, 5) is 2.72. The van der Waals surface area contributed by atoms with Crippen molar-refractivity contribution in [1.82, 2.24) is 14.5 Å². The van der Waals surface area contributed by atoms with Gasteiger partial charge in [0.15, 0.2) is 0 Å². The Morgan fingerprint density at radius 1 is 1.29 bits per heavy atom. The van der Waals surface area contributed by atoms with Crippen molar-refractivity contribution in [2.24, 2.45) is 0 Å². The molecule has 2 fully saturated rings. The van der Waals surface area contributed by atoms with Crippen LogP contribution in [0.4, 0.5) is 0 Å². The van der Waals surface area contributed by atoms with Crippen LogP contribution in [0.1, 0.15) is 24.4 Å². The molecule has 1 aromatic heterocycles. The second-order valence-corrected chi connectivity index (χ2v) is 7.74. The first-order chi connectivity index (χ1) is 10.0. The van der Waals surface area contributed by atoms with Crippen LogP contribution in [0.25, 0.3) is 0 Å². The van der Waals surface area contributed by atoms with Gasteiger partial charge in [-0.1, -0.05) is 0 Å². The number of aryl methyl sites for hydroxylation is 1. The van der Waals surface area contributed by atoms with Crippen LogP contribution in [0.3, 0.4) is 0 Å². The van der Waals surface area contributed by atoms with E-state index in [9.17, 15) is 8.42 Å². The summed E-state index contributed by atoms with van der Waals surface area (Å²) in [6.45, 7) is 5.07. The van der Waals surface area contributed by atoms with Gasteiger partial charge < -0.3 is 9.73 Å². The molecule has 1 N–H and O–H groups in total. The van der Waals surface area contributed by atoms with Crippen molar-refractivity contribution in [3.05, 3.63) is 17.6 Å². The van der Waals surface area contributed by atoms with E-state index in [1.807, 2.05) is 7.05 Å². The highest BCUT2D eigenvalue weighted by molar-refractivity contribution is 7.89. The average Bonchev–Trinajstić information content (AvgIpc) is 3.23.